The van der Waals surface area contributed by atoms with E-state index in [0.717, 1.165) is 18.7 Å². The predicted octanol–water partition coefficient (Wildman–Crippen LogP) is 4.74. The van der Waals surface area contributed by atoms with Gasteiger partial charge in [-0.05, 0) is 60.2 Å². The van der Waals surface area contributed by atoms with E-state index in [1.165, 1.54) is 18.2 Å². The minimum Gasteiger partial charge on any atom is -0.497 e. The number of carboxylic acids is 2. The number of alkyl halides is 3. The first kappa shape index (κ1) is 30.9. The molecule has 0 saturated carbocycles. The fraction of sp³-hybridized carbons (Fsp3) is 0.250. The highest BCUT2D eigenvalue weighted by Crippen LogP contribution is 2.27. The van der Waals surface area contributed by atoms with Gasteiger partial charge in [0.2, 0.25) is 0 Å². The average molecular weight is 578 g/mol. The Balaban J connectivity index is 0.000000587. The zero-order chi connectivity index (χ0) is 30.2. The molecule has 1 amide bonds. The van der Waals surface area contributed by atoms with Crippen molar-refractivity contribution in [1.29, 1.82) is 0 Å². The number of ether oxygens (including phenoxy) is 1. The number of anilines is 2. The largest absolute Gasteiger partial charge is 0.497 e. The SMILES string of the molecule is COc1ccc(C(=O)Nc2ccc(N3CCN(Cc4cccc(F)c4)CC3)c(C(=O)O)c2)cc1.O=C(O)C(F)(F)F. The van der Waals surface area contributed by atoms with E-state index < -0.39 is 18.1 Å². The van der Waals surface area contributed by atoms with Crippen molar-refractivity contribution < 1.29 is 46.9 Å². The van der Waals surface area contributed by atoms with Gasteiger partial charge in [-0.1, -0.05) is 12.1 Å². The molecule has 1 heterocycles. The maximum Gasteiger partial charge on any atom is 0.490 e. The summed E-state index contributed by atoms with van der Waals surface area (Å²) in [5.41, 5.74) is 2.51. The Morgan fingerprint density at radius 1 is 0.927 bits per heavy atom. The Bertz CT molecular complexity index is 1370. The van der Waals surface area contributed by atoms with Crippen LogP contribution in [-0.4, -0.2) is 72.4 Å². The van der Waals surface area contributed by atoms with E-state index in [1.807, 2.05) is 11.0 Å². The number of halogens is 4. The molecule has 1 fully saturated rings. The number of hydrogen-bond acceptors (Lipinski definition) is 6. The van der Waals surface area contributed by atoms with Crippen LogP contribution in [0.25, 0.3) is 0 Å². The second-order valence-electron chi connectivity index (χ2n) is 8.92. The summed E-state index contributed by atoms with van der Waals surface area (Å²) in [6.07, 6.45) is -5.08. The number of aliphatic carboxylic acids is 1. The monoisotopic (exact) mass is 577 g/mol. The predicted molar refractivity (Wildman–Crippen MR) is 142 cm³/mol. The second-order valence-corrected chi connectivity index (χ2v) is 8.92. The van der Waals surface area contributed by atoms with E-state index in [0.29, 0.717) is 42.3 Å². The van der Waals surface area contributed by atoms with E-state index in [4.69, 9.17) is 14.6 Å². The fourth-order valence-corrected chi connectivity index (χ4v) is 4.05. The van der Waals surface area contributed by atoms with Gasteiger partial charge in [-0.2, -0.15) is 13.2 Å². The molecule has 41 heavy (non-hydrogen) atoms. The van der Waals surface area contributed by atoms with Crippen molar-refractivity contribution in [3.8, 4) is 5.75 Å². The number of nitrogens with one attached hydrogen (secondary N) is 1. The van der Waals surface area contributed by atoms with Crippen LogP contribution in [-0.2, 0) is 11.3 Å². The number of carbonyl (C=O) groups excluding carboxylic acids is 1. The molecule has 3 aromatic carbocycles. The maximum absolute atomic E-state index is 13.5. The highest BCUT2D eigenvalue weighted by molar-refractivity contribution is 6.05. The minimum absolute atomic E-state index is 0.131. The average Bonchev–Trinajstić information content (AvgIpc) is 2.93. The number of benzene rings is 3. The molecule has 13 heteroatoms. The molecule has 3 aromatic rings. The maximum atomic E-state index is 13.5. The lowest BCUT2D eigenvalue weighted by Gasteiger charge is -2.36. The second kappa shape index (κ2) is 13.6. The number of methoxy groups -OCH3 is 1. The molecular weight excluding hydrogens is 550 g/mol. The van der Waals surface area contributed by atoms with Crippen molar-refractivity contribution in [2.75, 3.05) is 43.5 Å². The van der Waals surface area contributed by atoms with Crippen LogP contribution in [0, 0.1) is 5.82 Å². The third-order valence-electron chi connectivity index (χ3n) is 6.09. The van der Waals surface area contributed by atoms with E-state index in [2.05, 4.69) is 10.2 Å². The molecule has 1 aliphatic rings. The third-order valence-corrected chi connectivity index (χ3v) is 6.09. The van der Waals surface area contributed by atoms with Crippen molar-refractivity contribution in [2.45, 2.75) is 12.7 Å². The summed E-state index contributed by atoms with van der Waals surface area (Å²) in [4.78, 5) is 37.7. The molecule has 0 unspecified atom stereocenters. The van der Waals surface area contributed by atoms with Gasteiger partial charge in [-0.15, -0.1) is 0 Å². The summed E-state index contributed by atoms with van der Waals surface area (Å²) in [5.74, 6) is -3.76. The quantitative estimate of drug-likeness (QED) is 0.345. The van der Waals surface area contributed by atoms with Gasteiger partial charge in [-0.3, -0.25) is 9.69 Å². The number of piperazine rings is 1. The van der Waals surface area contributed by atoms with Gasteiger partial charge in [0.25, 0.3) is 5.91 Å². The Morgan fingerprint density at radius 2 is 1.56 bits per heavy atom. The van der Waals surface area contributed by atoms with Gasteiger partial charge in [0.05, 0.1) is 18.4 Å². The topological polar surface area (TPSA) is 119 Å². The molecule has 0 spiro atoms. The highest BCUT2D eigenvalue weighted by Gasteiger charge is 2.38. The van der Waals surface area contributed by atoms with Crippen molar-refractivity contribution in [1.82, 2.24) is 4.90 Å². The van der Waals surface area contributed by atoms with Crippen LogP contribution in [0.5, 0.6) is 5.75 Å². The minimum atomic E-state index is -5.08. The molecular formula is C28H27F4N3O6. The van der Waals surface area contributed by atoms with Gasteiger partial charge < -0.3 is 25.2 Å². The lowest BCUT2D eigenvalue weighted by atomic mass is 10.1. The summed E-state index contributed by atoms with van der Waals surface area (Å²) >= 11 is 0. The molecule has 9 nitrogen and oxygen atoms in total. The first-order valence-corrected chi connectivity index (χ1v) is 12.2. The molecule has 0 atom stereocenters. The lowest BCUT2D eigenvalue weighted by molar-refractivity contribution is -0.192. The number of carboxylic acid groups (broad SMARTS) is 2. The zero-order valence-electron chi connectivity index (χ0n) is 21.8. The Kier molecular flexibility index (Phi) is 10.3. The molecule has 3 N–H and O–H groups in total. The van der Waals surface area contributed by atoms with Crippen LogP contribution in [0.3, 0.4) is 0 Å². The van der Waals surface area contributed by atoms with Gasteiger partial charge in [-0.25, -0.2) is 14.0 Å². The summed E-state index contributed by atoms with van der Waals surface area (Å²) < 4.78 is 50.3. The summed E-state index contributed by atoms with van der Waals surface area (Å²) in [5, 5.41) is 19.7. The number of carbonyl (C=O) groups is 3. The van der Waals surface area contributed by atoms with Crippen LogP contribution in [0.4, 0.5) is 28.9 Å². The van der Waals surface area contributed by atoms with Gasteiger partial charge in [0, 0.05) is 44.0 Å². The molecule has 0 radical (unpaired) electrons. The number of amides is 1. The van der Waals surface area contributed by atoms with Gasteiger partial charge in [0.1, 0.15) is 11.6 Å². The smallest absolute Gasteiger partial charge is 0.490 e. The zero-order valence-corrected chi connectivity index (χ0v) is 21.8. The Morgan fingerprint density at radius 3 is 2.10 bits per heavy atom. The molecule has 0 aliphatic carbocycles. The van der Waals surface area contributed by atoms with E-state index >= 15 is 0 Å². The van der Waals surface area contributed by atoms with E-state index in [9.17, 15) is 32.3 Å². The molecule has 1 aliphatic heterocycles. The number of hydrogen-bond donors (Lipinski definition) is 3. The summed E-state index contributed by atoms with van der Waals surface area (Å²) in [6, 6.07) is 18.2. The van der Waals surface area contributed by atoms with E-state index in [-0.39, 0.29) is 17.3 Å². The molecule has 0 aromatic heterocycles. The summed E-state index contributed by atoms with van der Waals surface area (Å²) in [7, 11) is 1.55. The fourth-order valence-electron chi connectivity index (χ4n) is 4.05. The van der Waals surface area contributed by atoms with Crippen LogP contribution in [0.1, 0.15) is 26.3 Å². The van der Waals surface area contributed by atoms with Gasteiger partial charge >= 0.3 is 18.1 Å². The molecule has 4 rings (SSSR count). The first-order valence-electron chi connectivity index (χ1n) is 12.2. The highest BCUT2D eigenvalue weighted by atomic mass is 19.4. The van der Waals surface area contributed by atoms with Crippen LogP contribution in [0.2, 0.25) is 0 Å². The number of aromatic carboxylic acids is 1. The standard InChI is InChI=1S/C26H26FN3O4.C2HF3O2/c1-34-22-8-5-19(6-9-22)25(31)28-21-7-10-24(23(16-21)26(32)33)30-13-11-29(12-14-30)17-18-3-2-4-20(27)15-18;3-2(4,5)1(6)7/h2-10,15-16H,11-14,17H2,1H3,(H,28,31)(H,32,33);(H,6,7). The van der Waals surface area contributed by atoms with Crippen LogP contribution >= 0.6 is 0 Å². The normalized spacial score (nSPS) is 13.5. The van der Waals surface area contributed by atoms with Crippen molar-refractivity contribution in [3.63, 3.8) is 0 Å². The number of rotatable bonds is 7. The lowest BCUT2D eigenvalue weighted by Crippen LogP contribution is -2.46. The Labute approximate surface area is 232 Å². The van der Waals surface area contributed by atoms with E-state index in [1.54, 1.807) is 49.6 Å². The molecule has 1 saturated heterocycles. The van der Waals surface area contributed by atoms with Crippen molar-refractivity contribution in [2.24, 2.45) is 0 Å². The molecule has 0 bridgehead atoms. The van der Waals surface area contributed by atoms with Crippen LogP contribution in [0.15, 0.2) is 66.7 Å². The third kappa shape index (κ3) is 8.93. The Hall–Kier alpha value is -4.65. The molecule has 218 valence electrons. The first-order chi connectivity index (χ1) is 19.4. The number of nitrogens with zero attached hydrogens (tertiary/aromatic N) is 2. The summed E-state index contributed by atoms with van der Waals surface area (Å²) in [6.45, 7) is 3.39. The van der Waals surface area contributed by atoms with Gasteiger partial charge in [0.15, 0.2) is 0 Å². The van der Waals surface area contributed by atoms with Crippen molar-refractivity contribution in [3.05, 3.63) is 89.2 Å². The van der Waals surface area contributed by atoms with Crippen molar-refractivity contribution >= 4 is 29.2 Å². The van der Waals surface area contributed by atoms with Crippen LogP contribution < -0.4 is 15.0 Å².